The lowest BCUT2D eigenvalue weighted by atomic mass is 9.97. The number of rotatable bonds is 9. The van der Waals surface area contributed by atoms with Gasteiger partial charge in [0.15, 0.2) is 0 Å². The first-order valence-electron chi connectivity index (χ1n) is 17.0. The van der Waals surface area contributed by atoms with Gasteiger partial charge in [-0.15, -0.1) is 12.4 Å². The molecule has 0 aliphatic rings. The predicted octanol–water partition coefficient (Wildman–Crippen LogP) is 11.5. The minimum atomic E-state index is -0.957. The van der Waals surface area contributed by atoms with Gasteiger partial charge in [0.2, 0.25) is 0 Å². The molecule has 6 rings (SSSR count). The average molecular weight is 769 g/mol. The summed E-state index contributed by atoms with van der Waals surface area (Å²) in [6.07, 6.45) is 0. The van der Waals surface area contributed by atoms with Crippen LogP contribution in [0.15, 0.2) is 146 Å². The summed E-state index contributed by atoms with van der Waals surface area (Å²) < 4.78 is 41.9. The van der Waals surface area contributed by atoms with Gasteiger partial charge in [0.25, 0.3) is 0 Å². The quantitative estimate of drug-likeness (QED) is 0.135. The van der Waals surface area contributed by atoms with Crippen molar-refractivity contribution in [2.75, 3.05) is 0 Å². The van der Waals surface area contributed by atoms with Gasteiger partial charge in [-0.05, 0) is 72.4 Å². The Balaban J connectivity index is 0.000000220. The molecular formula is C45H40ClF3O6. The van der Waals surface area contributed by atoms with E-state index in [2.05, 4.69) is 0 Å². The first kappa shape index (κ1) is 43.2. The number of hydrogen-bond donors (Lipinski definition) is 3. The molecule has 6 aromatic rings. The number of hydrogen-bond acceptors (Lipinski definition) is 3. The van der Waals surface area contributed by atoms with Crippen LogP contribution in [0, 0.1) is 17.5 Å². The van der Waals surface area contributed by atoms with E-state index in [-0.39, 0.29) is 12.4 Å². The molecule has 0 saturated heterocycles. The Morgan fingerprint density at radius 1 is 0.400 bits per heavy atom. The van der Waals surface area contributed by atoms with Gasteiger partial charge in [0, 0.05) is 16.7 Å². The van der Waals surface area contributed by atoms with E-state index in [1.54, 1.807) is 57.2 Å². The van der Waals surface area contributed by atoms with E-state index in [0.717, 1.165) is 16.7 Å². The largest absolute Gasteiger partial charge is 0.481 e. The molecule has 10 heteroatoms. The molecule has 284 valence electrons. The van der Waals surface area contributed by atoms with E-state index in [1.807, 2.05) is 91.0 Å². The number of benzene rings is 6. The smallest absolute Gasteiger partial charge is 0.310 e. The molecule has 6 nitrogen and oxygen atoms in total. The Hall–Kier alpha value is -6.19. The van der Waals surface area contributed by atoms with Crippen molar-refractivity contribution in [3.05, 3.63) is 180 Å². The summed E-state index contributed by atoms with van der Waals surface area (Å²) in [6, 6.07) is 41.2. The second kappa shape index (κ2) is 20.3. The predicted molar refractivity (Wildman–Crippen MR) is 211 cm³/mol. The Morgan fingerprint density at radius 3 is 0.800 bits per heavy atom. The van der Waals surface area contributed by atoms with Crippen molar-refractivity contribution < 1.29 is 42.9 Å². The summed E-state index contributed by atoms with van der Waals surface area (Å²) in [5.41, 5.74) is 5.21. The lowest BCUT2D eigenvalue weighted by Gasteiger charge is -2.09. The van der Waals surface area contributed by atoms with Gasteiger partial charge in [0.05, 0.1) is 17.8 Å². The summed E-state index contributed by atoms with van der Waals surface area (Å²) in [4.78, 5) is 32.5. The van der Waals surface area contributed by atoms with Gasteiger partial charge in [-0.3, -0.25) is 14.4 Å². The van der Waals surface area contributed by atoms with E-state index in [9.17, 15) is 27.6 Å². The molecule has 0 fully saturated rings. The van der Waals surface area contributed by atoms with Crippen molar-refractivity contribution in [2.24, 2.45) is 0 Å². The van der Waals surface area contributed by atoms with E-state index < -0.39 is 53.1 Å². The highest BCUT2D eigenvalue weighted by atomic mass is 35.5. The van der Waals surface area contributed by atoms with E-state index in [4.69, 9.17) is 15.3 Å². The average Bonchev–Trinajstić information content (AvgIpc) is 3.18. The van der Waals surface area contributed by atoms with E-state index in [0.29, 0.717) is 33.4 Å². The van der Waals surface area contributed by atoms with Crippen molar-refractivity contribution in [3.63, 3.8) is 0 Å². The first-order valence-corrected chi connectivity index (χ1v) is 17.0. The minimum absolute atomic E-state index is 0. The maximum absolute atomic E-state index is 14.0. The molecule has 3 atom stereocenters. The molecule has 0 radical (unpaired) electrons. The monoisotopic (exact) mass is 768 g/mol. The third-order valence-electron chi connectivity index (χ3n) is 8.85. The Kier molecular flexibility index (Phi) is 16.0. The second-order valence-corrected chi connectivity index (χ2v) is 12.5. The van der Waals surface area contributed by atoms with Gasteiger partial charge in [-0.2, -0.15) is 0 Å². The van der Waals surface area contributed by atoms with Crippen molar-refractivity contribution in [3.8, 4) is 33.4 Å². The Bertz CT molecular complexity index is 1950. The van der Waals surface area contributed by atoms with Crippen LogP contribution in [0.2, 0.25) is 0 Å². The molecule has 0 aliphatic heterocycles. The number of halogens is 4. The van der Waals surface area contributed by atoms with Crippen LogP contribution in [0.3, 0.4) is 0 Å². The molecule has 0 heterocycles. The van der Waals surface area contributed by atoms with E-state index in [1.165, 1.54) is 18.2 Å². The fourth-order valence-corrected chi connectivity index (χ4v) is 5.39. The summed E-state index contributed by atoms with van der Waals surface area (Å²) >= 11 is 0. The van der Waals surface area contributed by atoms with Crippen molar-refractivity contribution in [1.29, 1.82) is 0 Å². The third-order valence-corrected chi connectivity index (χ3v) is 8.85. The molecule has 0 spiro atoms. The molecule has 0 aromatic heterocycles. The van der Waals surface area contributed by atoms with Crippen LogP contribution < -0.4 is 0 Å². The van der Waals surface area contributed by atoms with Crippen LogP contribution in [0.4, 0.5) is 13.2 Å². The summed E-state index contributed by atoms with van der Waals surface area (Å²) in [7, 11) is 0. The fourth-order valence-electron chi connectivity index (χ4n) is 5.39. The number of aliphatic carboxylic acids is 3. The molecule has 3 N–H and O–H groups in total. The zero-order valence-corrected chi connectivity index (χ0v) is 31.0. The third kappa shape index (κ3) is 11.6. The van der Waals surface area contributed by atoms with Gasteiger partial charge in [-0.25, -0.2) is 13.2 Å². The van der Waals surface area contributed by atoms with Crippen LogP contribution >= 0.6 is 12.4 Å². The lowest BCUT2D eigenvalue weighted by Crippen LogP contribution is -2.07. The Labute approximate surface area is 324 Å². The van der Waals surface area contributed by atoms with Crippen LogP contribution in [-0.2, 0) is 14.4 Å². The maximum Gasteiger partial charge on any atom is 0.310 e. The first-order chi connectivity index (χ1) is 25.8. The van der Waals surface area contributed by atoms with Gasteiger partial charge in [-0.1, -0.05) is 127 Å². The molecule has 0 aliphatic carbocycles. The highest BCUT2D eigenvalue weighted by Gasteiger charge is 2.18. The van der Waals surface area contributed by atoms with Gasteiger partial charge >= 0.3 is 17.9 Å². The fraction of sp³-hybridized carbons (Fsp3) is 0.133. The van der Waals surface area contributed by atoms with Gasteiger partial charge < -0.3 is 15.3 Å². The number of carbonyl (C=O) groups is 3. The SMILES string of the molecule is CC(C(=O)O)c1ccc(-c2ccccc2)c(F)c1.C[C@@H](C(=O)O)c1ccc(-c2ccccc2)c(F)c1.C[C@H](C(=O)O)c1ccc(-c2ccccc2)c(F)c1.Cl. The molecule has 0 amide bonds. The van der Waals surface area contributed by atoms with Gasteiger partial charge in [0.1, 0.15) is 17.5 Å². The summed E-state index contributed by atoms with van der Waals surface area (Å²) in [6.45, 7) is 4.62. The Morgan fingerprint density at radius 2 is 0.618 bits per heavy atom. The van der Waals surface area contributed by atoms with Crippen molar-refractivity contribution in [1.82, 2.24) is 0 Å². The van der Waals surface area contributed by atoms with Crippen LogP contribution in [0.5, 0.6) is 0 Å². The molecule has 55 heavy (non-hydrogen) atoms. The van der Waals surface area contributed by atoms with E-state index >= 15 is 0 Å². The summed E-state index contributed by atoms with van der Waals surface area (Å²) in [5, 5.41) is 26.7. The highest BCUT2D eigenvalue weighted by Crippen LogP contribution is 2.29. The molecule has 0 bridgehead atoms. The number of carboxylic acids is 3. The topological polar surface area (TPSA) is 112 Å². The molecule has 1 unspecified atom stereocenters. The van der Waals surface area contributed by atoms with Crippen LogP contribution in [0.25, 0.3) is 33.4 Å². The standard InChI is InChI=1S/3C15H13FO2.ClH/c3*1-10(15(17)18)12-7-8-13(14(16)9-12)11-5-3-2-4-6-11;/h3*2-10H,1H3,(H,17,18);1H/t2*10-;;/m10../s1. The normalized spacial score (nSPS) is 11.9. The zero-order valence-electron chi connectivity index (χ0n) is 30.2. The molecule has 6 aromatic carbocycles. The molecule has 0 saturated carbocycles. The maximum atomic E-state index is 14.0. The number of carboxylic acid groups (broad SMARTS) is 3. The second-order valence-electron chi connectivity index (χ2n) is 12.5. The van der Waals surface area contributed by atoms with Crippen LogP contribution in [0.1, 0.15) is 55.2 Å². The lowest BCUT2D eigenvalue weighted by molar-refractivity contribution is -0.139. The molecular weight excluding hydrogens is 729 g/mol. The van der Waals surface area contributed by atoms with Crippen LogP contribution in [-0.4, -0.2) is 33.2 Å². The highest BCUT2D eigenvalue weighted by molar-refractivity contribution is 5.85. The zero-order chi connectivity index (χ0) is 39.4. The minimum Gasteiger partial charge on any atom is -0.481 e. The summed E-state index contributed by atoms with van der Waals surface area (Å²) in [5.74, 6) is -6.17. The van der Waals surface area contributed by atoms with Crippen molar-refractivity contribution >= 4 is 30.3 Å². The van der Waals surface area contributed by atoms with Crippen molar-refractivity contribution in [2.45, 2.75) is 38.5 Å².